The van der Waals surface area contributed by atoms with Crippen LogP contribution in [0.2, 0.25) is 0 Å². The smallest absolute Gasteiger partial charge is 0.257 e. The van der Waals surface area contributed by atoms with E-state index in [9.17, 15) is 14.4 Å². The van der Waals surface area contributed by atoms with Gasteiger partial charge in [0.25, 0.3) is 5.91 Å². The number of nitrogens with one attached hydrogen (secondary N) is 1. The molecule has 1 aromatic carbocycles. The van der Waals surface area contributed by atoms with Crippen molar-refractivity contribution in [3.8, 4) is 0 Å². The molecule has 3 rings (SSSR count). The first-order chi connectivity index (χ1) is 12.1. The Kier molecular flexibility index (Phi) is 5.25. The standard InChI is InChI=1S/C16H14N4O3S2/c1-2-8-24-16-19-18-15(25-16)17-14(23)10-4-3-5-11(9-10)20-12(21)6-7-13(20)22/h2-5,9H,1,6-8H2,(H,17,18,23). The lowest BCUT2D eigenvalue weighted by molar-refractivity contribution is -0.121. The SMILES string of the molecule is C=CCSc1nnc(NC(=O)c2cccc(N3C(=O)CCC3=O)c2)s1. The summed E-state index contributed by atoms with van der Waals surface area (Å²) < 4.78 is 0.734. The van der Waals surface area contributed by atoms with E-state index in [0.717, 1.165) is 9.24 Å². The van der Waals surface area contributed by atoms with Gasteiger partial charge in [-0.3, -0.25) is 24.6 Å². The third-order valence-corrected chi connectivity index (χ3v) is 5.34. The van der Waals surface area contributed by atoms with Gasteiger partial charge in [0.1, 0.15) is 0 Å². The number of hydrogen-bond donors (Lipinski definition) is 1. The molecule has 2 aromatic rings. The zero-order valence-corrected chi connectivity index (χ0v) is 14.7. The number of hydrogen-bond acceptors (Lipinski definition) is 7. The highest BCUT2D eigenvalue weighted by Gasteiger charge is 2.30. The third-order valence-electron chi connectivity index (χ3n) is 3.37. The average Bonchev–Trinajstić information content (AvgIpc) is 3.19. The molecule has 1 aliphatic rings. The molecule has 0 radical (unpaired) electrons. The van der Waals surface area contributed by atoms with Gasteiger partial charge in [-0.15, -0.1) is 16.8 Å². The molecule has 2 heterocycles. The van der Waals surface area contributed by atoms with E-state index in [1.54, 1.807) is 24.3 Å². The number of imide groups is 1. The molecule has 0 bridgehead atoms. The minimum absolute atomic E-state index is 0.200. The molecule has 1 N–H and O–H groups in total. The Morgan fingerprint density at radius 3 is 2.80 bits per heavy atom. The monoisotopic (exact) mass is 374 g/mol. The Morgan fingerprint density at radius 2 is 2.08 bits per heavy atom. The number of anilines is 2. The summed E-state index contributed by atoms with van der Waals surface area (Å²) in [5.74, 6) is -0.175. The molecule has 1 saturated heterocycles. The molecule has 1 fully saturated rings. The molecule has 1 aromatic heterocycles. The van der Waals surface area contributed by atoms with E-state index in [2.05, 4.69) is 22.1 Å². The fourth-order valence-corrected chi connectivity index (χ4v) is 3.78. The van der Waals surface area contributed by atoms with E-state index in [0.29, 0.717) is 22.1 Å². The molecule has 0 aliphatic carbocycles. The van der Waals surface area contributed by atoms with E-state index in [1.807, 2.05) is 0 Å². The molecular weight excluding hydrogens is 360 g/mol. The van der Waals surface area contributed by atoms with Crippen molar-refractivity contribution in [1.82, 2.24) is 10.2 Å². The Labute approximate surface area is 152 Å². The van der Waals surface area contributed by atoms with E-state index >= 15 is 0 Å². The summed E-state index contributed by atoms with van der Waals surface area (Å²) in [5.41, 5.74) is 0.736. The summed E-state index contributed by atoms with van der Waals surface area (Å²) in [6.07, 6.45) is 2.16. The maximum absolute atomic E-state index is 12.4. The lowest BCUT2D eigenvalue weighted by atomic mass is 10.2. The number of carbonyl (C=O) groups excluding carboxylic acids is 3. The molecule has 0 saturated carbocycles. The normalized spacial score (nSPS) is 14.0. The van der Waals surface area contributed by atoms with Crippen molar-refractivity contribution in [3.05, 3.63) is 42.5 Å². The van der Waals surface area contributed by atoms with Crippen molar-refractivity contribution in [1.29, 1.82) is 0 Å². The second kappa shape index (κ2) is 7.58. The molecule has 9 heteroatoms. The summed E-state index contributed by atoms with van der Waals surface area (Å²) in [4.78, 5) is 37.2. The lowest BCUT2D eigenvalue weighted by Gasteiger charge is -2.14. The van der Waals surface area contributed by atoms with Gasteiger partial charge in [0.05, 0.1) is 5.69 Å². The molecule has 128 valence electrons. The van der Waals surface area contributed by atoms with Crippen LogP contribution in [0.1, 0.15) is 23.2 Å². The van der Waals surface area contributed by atoms with E-state index in [1.165, 1.54) is 29.2 Å². The van der Waals surface area contributed by atoms with Crippen molar-refractivity contribution in [2.75, 3.05) is 16.0 Å². The van der Waals surface area contributed by atoms with Gasteiger partial charge in [-0.2, -0.15) is 0 Å². The maximum atomic E-state index is 12.4. The van der Waals surface area contributed by atoms with Gasteiger partial charge in [0, 0.05) is 24.2 Å². The Hall–Kier alpha value is -2.52. The summed E-state index contributed by atoms with van der Waals surface area (Å²) >= 11 is 2.75. The third kappa shape index (κ3) is 3.94. The first kappa shape index (κ1) is 17.3. The first-order valence-corrected chi connectivity index (χ1v) is 9.23. The number of aromatic nitrogens is 2. The van der Waals surface area contributed by atoms with Crippen molar-refractivity contribution >= 4 is 51.6 Å². The van der Waals surface area contributed by atoms with Crippen molar-refractivity contribution in [2.24, 2.45) is 0 Å². The van der Waals surface area contributed by atoms with Crippen LogP contribution in [0.4, 0.5) is 10.8 Å². The van der Waals surface area contributed by atoms with Crippen LogP contribution in [0.15, 0.2) is 41.3 Å². The Balaban J connectivity index is 1.73. The highest BCUT2D eigenvalue weighted by Crippen LogP contribution is 2.27. The number of amides is 3. The van der Waals surface area contributed by atoms with Crippen LogP contribution in [0.3, 0.4) is 0 Å². The predicted octanol–water partition coefficient (Wildman–Crippen LogP) is 2.72. The highest BCUT2D eigenvalue weighted by atomic mass is 32.2. The van der Waals surface area contributed by atoms with Gasteiger partial charge >= 0.3 is 0 Å². The molecule has 0 spiro atoms. The zero-order chi connectivity index (χ0) is 17.8. The minimum Gasteiger partial charge on any atom is -0.296 e. The number of thioether (sulfide) groups is 1. The minimum atomic E-state index is -0.377. The van der Waals surface area contributed by atoms with Crippen LogP contribution < -0.4 is 10.2 Å². The van der Waals surface area contributed by atoms with Crippen LogP contribution in [0.25, 0.3) is 0 Å². The molecule has 25 heavy (non-hydrogen) atoms. The lowest BCUT2D eigenvalue weighted by Crippen LogP contribution is -2.28. The van der Waals surface area contributed by atoms with Gasteiger partial charge in [-0.1, -0.05) is 35.2 Å². The van der Waals surface area contributed by atoms with Crippen molar-refractivity contribution in [2.45, 2.75) is 17.2 Å². The maximum Gasteiger partial charge on any atom is 0.257 e. The predicted molar refractivity (Wildman–Crippen MR) is 97.0 cm³/mol. The molecular formula is C16H14N4O3S2. The van der Waals surface area contributed by atoms with Gasteiger partial charge in [0.15, 0.2) is 4.34 Å². The topological polar surface area (TPSA) is 92.3 Å². The van der Waals surface area contributed by atoms with Crippen LogP contribution in [0.5, 0.6) is 0 Å². The Bertz CT molecular complexity index is 833. The van der Waals surface area contributed by atoms with Gasteiger partial charge in [-0.05, 0) is 18.2 Å². The van der Waals surface area contributed by atoms with Crippen LogP contribution in [-0.4, -0.2) is 33.7 Å². The van der Waals surface area contributed by atoms with Crippen molar-refractivity contribution in [3.63, 3.8) is 0 Å². The largest absolute Gasteiger partial charge is 0.296 e. The summed E-state index contributed by atoms with van der Waals surface area (Å²) in [5, 5.41) is 11.0. The number of carbonyl (C=O) groups is 3. The van der Waals surface area contributed by atoms with Crippen LogP contribution in [-0.2, 0) is 9.59 Å². The molecule has 7 nitrogen and oxygen atoms in total. The average molecular weight is 374 g/mol. The van der Waals surface area contributed by atoms with E-state index in [-0.39, 0.29) is 30.6 Å². The Morgan fingerprint density at radius 1 is 1.32 bits per heavy atom. The fraction of sp³-hybridized carbons (Fsp3) is 0.188. The zero-order valence-electron chi connectivity index (χ0n) is 13.1. The van der Waals surface area contributed by atoms with Crippen molar-refractivity contribution < 1.29 is 14.4 Å². The second-order valence-electron chi connectivity index (χ2n) is 5.10. The quantitative estimate of drug-likeness (QED) is 0.362. The number of benzene rings is 1. The summed E-state index contributed by atoms with van der Waals surface area (Å²) in [7, 11) is 0. The molecule has 0 atom stereocenters. The van der Waals surface area contributed by atoms with E-state index < -0.39 is 0 Å². The van der Waals surface area contributed by atoms with E-state index in [4.69, 9.17) is 0 Å². The second-order valence-corrected chi connectivity index (χ2v) is 7.34. The molecule has 0 unspecified atom stereocenters. The van der Waals surface area contributed by atoms with Gasteiger partial charge in [0.2, 0.25) is 16.9 Å². The van der Waals surface area contributed by atoms with Crippen LogP contribution in [0, 0.1) is 0 Å². The molecule has 1 aliphatic heterocycles. The van der Waals surface area contributed by atoms with Crippen LogP contribution >= 0.6 is 23.1 Å². The molecule has 3 amide bonds. The van der Waals surface area contributed by atoms with Gasteiger partial charge < -0.3 is 0 Å². The number of nitrogens with zero attached hydrogens (tertiary/aromatic N) is 3. The summed E-state index contributed by atoms with van der Waals surface area (Å²) in [6.45, 7) is 3.64. The fourth-order valence-electron chi connectivity index (χ4n) is 2.27. The first-order valence-electron chi connectivity index (χ1n) is 7.43. The summed E-state index contributed by atoms with van der Waals surface area (Å²) in [6, 6.07) is 6.39. The number of rotatable bonds is 6. The van der Waals surface area contributed by atoms with Gasteiger partial charge in [-0.25, -0.2) is 0 Å². The highest BCUT2D eigenvalue weighted by molar-refractivity contribution is 8.01.